The standard InChI is InChI=1S/C14H22N2O/c1-3-14(16-10-8-15-9-11-16)12-4-6-13(17-2)7-5-12/h4-7,14-15H,3,8-11H2,1-2H3/t14-/m1/s1. The van der Waals surface area contributed by atoms with Crippen LogP contribution in [0.3, 0.4) is 0 Å². The lowest BCUT2D eigenvalue weighted by molar-refractivity contribution is 0.169. The van der Waals surface area contributed by atoms with Crippen molar-refractivity contribution in [3.05, 3.63) is 29.8 Å². The number of methoxy groups -OCH3 is 1. The summed E-state index contributed by atoms with van der Waals surface area (Å²) in [6, 6.07) is 9.03. The zero-order valence-electron chi connectivity index (χ0n) is 10.8. The molecule has 1 aromatic rings. The zero-order valence-corrected chi connectivity index (χ0v) is 10.8. The largest absolute Gasteiger partial charge is 0.497 e. The van der Waals surface area contributed by atoms with E-state index in [1.807, 2.05) is 0 Å². The Kier molecular flexibility index (Phi) is 4.40. The summed E-state index contributed by atoms with van der Waals surface area (Å²) >= 11 is 0. The SMILES string of the molecule is CC[C@H](c1ccc(OC)cc1)N1CCNCC1. The number of ether oxygens (including phenoxy) is 1. The van der Waals surface area contributed by atoms with Crippen molar-refractivity contribution in [3.8, 4) is 5.75 Å². The van der Waals surface area contributed by atoms with E-state index >= 15 is 0 Å². The molecule has 1 aromatic carbocycles. The van der Waals surface area contributed by atoms with E-state index in [0.717, 1.165) is 38.3 Å². The maximum absolute atomic E-state index is 5.20. The molecule has 0 amide bonds. The second-order valence-corrected chi connectivity index (χ2v) is 4.48. The fourth-order valence-electron chi connectivity index (χ4n) is 2.52. The van der Waals surface area contributed by atoms with Crippen LogP contribution in [-0.4, -0.2) is 38.2 Å². The van der Waals surface area contributed by atoms with Crippen LogP contribution in [0.15, 0.2) is 24.3 Å². The summed E-state index contributed by atoms with van der Waals surface area (Å²) in [4.78, 5) is 2.57. The zero-order chi connectivity index (χ0) is 12.1. The second kappa shape index (κ2) is 6.03. The summed E-state index contributed by atoms with van der Waals surface area (Å²) < 4.78 is 5.20. The van der Waals surface area contributed by atoms with Crippen molar-refractivity contribution in [2.24, 2.45) is 0 Å². The molecule has 2 rings (SSSR count). The van der Waals surface area contributed by atoms with Gasteiger partial charge in [0.15, 0.2) is 0 Å². The van der Waals surface area contributed by atoms with Crippen LogP contribution >= 0.6 is 0 Å². The van der Waals surface area contributed by atoms with Gasteiger partial charge in [0.25, 0.3) is 0 Å². The molecule has 1 atom stereocenters. The first-order chi connectivity index (χ1) is 8.35. The van der Waals surface area contributed by atoms with Crippen molar-refractivity contribution >= 4 is 0 Å². The number of hydrogen-bond acceptors (Lipinski definition) is 3. The molecule has 1 heterocycles. The average molecular weight is 234 g/mol. The average Bonchev–Trinajstić information content (AvgIpc) is 2.42. The van der Waals surface area contributed by atoms with Crippen LogP contribution in [0.1, 0.15) is 24.9 Å². The van der Waals surface area contributed by atoms with E-state index in [2.05, 4.69) is 41.4 Å². The van der Waals surface area contributed by atoms with E-state index in [1.54, 1.807) is 7.11 Å². The Labute approximate surface area is 104 Å². The summed E-state index contributed by atoms with van der Waals surface area (Å²) in [5.41, 5.74) is 1.40. The van der Waals surface area contributed by atoms with E-state index in [4.69, 9.17) is 4.74 Å². The van der Waals surface area contributed by atoms with Gasteiger partial charge in [-0.1, -0.05) is 19.1 Å². The van der Waals surface area contributed by atoms with Gasteiger partial charge in [-0.05, 0) is 24.1 Å². The Bertz CT molecular complexity index is 331. The first kappa shape index (κ1) is 12.4. The van der Waals surface area contributed by atoms with E-state index in [1.165, 1.54) is 5.56 Å². The molecule has 1 aliphatic rings. The predicted molar refractivity (Wildman–Crippen MR) is 70.5 cm³/mol. The molecule has 0 bridgehead atoms. The van der Waals surface area contributed by atoms with Gasteiger partial charge in [-0.15, -0.1) is 0 Å². The van der Waals surface area contributed by atoms with Crippen molar-refractivity contribution in [1.82, 2.24) is 10.2 Å². The fourth-order valence-corrected chi connectivity index (χ4v) is 2.52. The van der Waals surface area contributed by atoms with Gasteiger partial charge >= 0.3 is 0 Å². The predicted octanol–water partition coefficient (Wildman–Crippen LogP) is 2.05. The number of benzene rings is 1. The molecule has 0 unspecified atom stereocenters. The molecular weight excluding hydrogens is 212 g/mol. The Balaban J connectivity index is 2.10. The second-order valence-electron chi connectivity index (χ2n) is 4.48. The van der Waals surface area contributed by atoms with Crippen LogP contribution in [0.25, 0.3) is 0 Å². The number of hydrogen-bond donors (Lipinski definition) is 1. The van der Waals surface area contributed by atoms with Crippen LogP contribution in [0.5, 0.6) is 5.75 Å². The Morgan fingerprint density at radius 3 is 2.41 bits per heavy atom. The molecule has 0 saturated carbocycles. The van der Waals surface area contributed by atoms with Crippen molar-refractivity contribution in [3.63, 3.8) is 0 Å². The van der Waals surface area contributed by atoms with Gasteiger partial charge in [0.1, 0.15) is 5.75 Å². The van der Waals surface area contributed by atoms with E-state index in [-0.39, 0.29) is 0 Å². The molecule has 94 valence electrons. The van der Waals surface area contributed by atoms with E-state index in [0.29, 0.717) is 6.04 Å². The van der Waals surface area contributed by atoms with Crippen molar-refractivity contribution < 1.29 is 4.74 Å². The highest BCUT2D eigenvalue weighted by molar-refractivity contribution is 5.29. The summed E-state index contributed by atoms with van der Waals surface area (Å²) in [7, 11) is 1.71. The first-order valence-corrected chi connectivity index (χ1v) is 6.44. The maximum Gasteiger partial charge on any atom is 0.118 e. The van der Waals surface area contributed by atoms with Gasteiger partial charge in [0.05, 0.1) is 7.11 Å². The molecule has 0 radical (unpaired) electrons. The molecule has 17 heavy (non-hydrogen) atoms. The van der Waals surface area contributed by atoms with E-state index < -0.39 is 0 Å². The number of piperazine rings is 1. The highest BCUT2D eigenvalue weighted by Crippen LogP contribution is 2.26. The van der Waals surface area contributed by atoms with Crippen LogP contribution in [0, 0.1) is 0 Å². The van der Waals surface area contributed by atoms with E-state index in [9.17, 15) is 0 Å². The Morgan fingerprint density at radius 1 is 1.24 bits per heavy atom. The van der Waals surface area contributed by atoms with Gasteiger partial charge in [-0.3, -0.25) is 4.90 Å². The smallest absolute Gasteiger partial charge is 0.118 e. The third-order valence-electron chi connectivity index (χ3n) is 3.48. The van der Waals surface area contributed by atoms with Crippen molar-refractivity contribution in [1.29, 1.82) is 0 Å². The summed E-state index contributed by atoms with van der Waals surface area (Å²) in [6.07, 6.45) is 1.16. The molecule has 1 N–H and O–H groups in total. The van der Waals surface area contributed by atoms with Crippen LogP contribution in [0.2, 0.25) is 0 Å². The van der Waals surface area contributed by atoms with Gasteiger partial charge < -0.3 is 10.1 Å². The molecule has 0 aromatic heterocycles. The summed E-state index contributed by atoms with van der Waals surface area (Å²) in [6.45, 7) is 6.76. The minimum absolute atomic E-state index is 0.544. The molecule has 0 aliphatic carbocycles. The molecule has 1 fully saturated rings. The van der Waals surface area contributed by atoms with Gasteiger partial charge in [-0.2, -0.15) is 0 Å². The van der Waals surface area contributed by atoms with Crippen LogP contribution in [-0.2, 0) is 0 Å². The lowest BCUT2D eigenvalue weighted by Gasteiger charge is -2.34. The molecule has 1 saturated heterocycles. The quantitative estimate of drug-likeness (QED) is 0.863. The molecule has 0 spiro atoms. The first-order valence-electron chi connectivity index (χ1n) is 6.44. The third-order valence-corrected chi connectivity index (χ3v) is 3.48. The van der Waals surface area contributed by atoms with Crippen LogP contribution < -0.4 is 10.1 Å². The normalized spacial score (nSPS) is 18.9. The molecular formula is C14H22N2O. The minimum atomic E-state index is 0.544. The van der Waals surface area contributed by atoms with Crippen molar-refractivity contribution in [2.45, 2.75) is 19.4 Å². The summed E-state index contributed by atoms with van der Waals surface area (Å²) in [5.74, 6) is 0.934. The number of rotatable bonds is 4. The van der Waals surface area contributed by atoms with Crippen LogP contribution in [0.4, 0.5) is 0 Å². The van der Waals surface area contributed by atoms with Gasteiger partial charge in [0.2, 0.25) is 0 Å². The molecule has 1 aliphatic heterocycles. The highest BCUT2D eigenvalue weighted by Gasteiger charge is 2.20. The Morgan fingerprint density at radius 2 is 1.88 bits per heavy atom. The van der Waals surface area contributed by atoms with Gasteiger partial charge in [0, 0.05) is 32.2 Å². The Hall–Kier alpha value is -1.06. The maximum atomic E-state index is 5.20. The fraction of sp³-hybridized carbons (Fsp3) is 0.571. The highest BCUT2D eigenvalue weighted by atomic mass is 16.5. The summed E-state index contributed by atoms with van der Waals surface area (Å²) in [5, 5.41) is 3.40. The molecule has 3 nitrogen and oxygen atoms in total. The number of nitrogens with zero attached hydrogens (tertiary/aromatic N) is 1. The lowest BCUT2D eigenvalue weighted by Crippen LogP contribution is -2.45. The molecule has 3 heteroatoms. The third kappa shape index (κ3) is 2.99. The minimum Gasteiger partial charge on any atom is -0.497 e. The lowest BCUT2D eigenvalue weighted by atomic mass is 10.0. The number of nitrogens with one attached hydrogen (secondary N) is 1. The topological polar surface area (TPSA) is 24.5 Å². The van der Waals surface area contributed by atoms with Crippen molar-refractivity contribution in [2.75, 3.05) is 33.3 Å². The monoisotopic (exact) mass is 234 g/mol. The van der Waals surface area contributed by atoms with Gasteiger partial charge in [-0.25, -0.2) is 0 Å².